The Bertz CT molecular complexity index is 431. The van der Waals surface area contributed by atoms with Crippen LogP contribution in [0.2, 0.25) is 0 Å². The van der Waals surface area contributed by atoms with Gasteiger partial charge in [0.2, 0.25) is 0 Å². The highest BCUT2D eigenvalue weighted by atomic mass is 15.2. The van der Waals surface area contributed by atoms with E-state index in [-0.39, 0.29) is 0 Å². The molecule has 130 valence electrons. The number of piperidine rings is 4. The van der Waals surface area contributed by atoms with E-state index in [9.17, 15) is 0 Å². The summed E-state index contributed by atoms with van der Waals surface area (Å²) in [4.78, 5) is 2.94. The molecule has 1 aliphatic carbocycles. The lowest BCUT2D eigenvalue weighted by Crippen LogP contribution is -2.72. The highest BCUT2D eigenvalue weighted by Crippen LogP contribution is 2.55. The van der Waals surface area contributed by atoms with Crippen LogP contribution in [0, 0.1) is 17.3 Å². The molecule has 4 aliphatic heterocycles. The van der Waals surface area contributed by atoms with Crippen LogP contribution < -0.4 is 10.6 Å². The normalized spacial score (nSPS) is 50.9. The van der Waals surface area contributed by atoms with Gasteiger partial charge in [-0.25, -0.2) is 0 Å². The minimum absolute atomic E-state index is 0.530. The molecule has 0 radical (unpaired) electrons. The summed E-state index contributed by atoms with van der Waals surface area (Å²) in [6.45, 7) is 5.30. The van der Waals surface area contributed by atoms with Crippen molar-refractivity contribution in [3.05, 3.63) is 0 Å². The van der Waals surface area contributed by atoms with Gasteiger partial charge in [-0.3, -0.25) is 4.90 Å². The molecule has 0 amide bonds. The van der Waals surface area contributed by atoms with Crippen LogP contribution >= 0.6 is 0 Å². The minimum Gasteiger partial charge on any atom is -0.313 e. The van der Waals surface area contributed by atoms with Crippen LogP contribution in [0.3, 0.4) is 0 Å². The van der Waals surface area contributed by atoms with Gasteiger partial charge in [-0.1, -0.05) is 12.8 Å². The van der Waals surface area contributed by atoms with Crippen molar-refractivity contribution in [3.63, 3.8) is 0 Å². The predicted molar refractivity (Wildman–Crippen MR) is 94.5 cm³/mol. The molecule has 5 fully saturated rings. The first-order valence-electron chi connectivity index (χ1n) is 10.6. The third kappa shape index (κ3) is 2.41. The van der Waals surface area contributed by atoms with Crippen molar-refractivity contribution in [2.75, 3.05) is 26.2 Å². The molecule has 0 aromatic heterocycles. The van der Waals surface area contributed by atoms with Crippen molar-refractivity contribution in [3.8, 4) is 0 Å². The zero-order valence-corrected chi connectivity index (χ0v) is 14.7. The van der Waals surface area contributed by atoms with Gasteiger partial charge in [0.1, 0.15) is 0 Å². The van der Waals surface area contributed by atoms with Gasteiger partial charge in [0.05, 0.1) is 0 Å². The lowest BCUT2D eigenvalue weighted by atomic mass is 9.52. The fraction of sp³-hybridized carbons (Fsp3) is 1.00. The van der Waals surface area contributed by atoms with Gasteiger partial charge < -0.3 is 10.6 Å². The molecule has 4 saturated heterocycles. The summed E-state index contributed by atoms with van der Waals surface area (Å²) in [5, 5.41) is 8.04. The third-order valence-corrected chi connectivity index (χ3v) is 8.16. The zero-order chi connectivity index (χ0) is 15.3. The van der Waals surface area contributed by atoms with Crippen LogP contribution in [0.5, 0.6) is 0 Å². The van der Waals surface area contributed by atoms with Crippen LogP contribution in [-0.4, -0.2) is 49.2 Å². The van der Waals surface area contributed by atoms with Crippen molar-refractivity contribution in [1.29, 1.82) is 0 Å². The first kappa shape index (κ1) is 15.2. The van der Waals surface area contributed by atoms with Crippen molar-refractivity contribution >= 4 is 0 Å². The summed E-state index contributed by atoms with van der Waals surface area (Å²) in [6.07, 6.45) is 14.6. The smallest absolute Gasteiger partial charge is 0.0179 e. The van der Waals surface area contributed by atoms with Gasteiger partial charge in [0.25, 0.3) is 0 Å². The van der Waals surface area contributed by atoms with Gasteiger partial charge in [0.15, 0.2) is 0 Å². The molecule has 5 rings (SSSR count). The Morgan fingerprint density at radius 2 is 1.74 bits per heavy atom. The molecule has 6 atom stereocenters. The number of hydrogen-bond donors (Lipinski definition) is 2. The Hall–Kier alpha value is -0.120. The standard InChI is InChI=1S/C20H35N3/c1-3-9-21-18(8-1)20-13-16(12-15-6-5-10-22-19(15)20)17-7-2-4-11-23(17)14-20/h15-19,21-22H,1-14H2/t15-,16+,17+,18-,19-,20-/m1/s1. The molecule has 23 heavy (non-hydrogen) atoms. The first-order valence-corrected chi connectivity index (χ1v) is 10.6. The highest BCUT2D eigenvalue weighted by Gasteiger charge is 2.58. The number of nitrogens with one attached hydrogen (secondary N) is 2. The molecule has 1 saturated carbocycles. The molecular formula is C20H35N3. The molecule has 2 N–H and O–H groups in total. The molecule has 0 aromatic rings. The minimum atomic E-state index is 0.530. The van der Waals surface area contributed by atoms with E-state index in [2.05, 4.69) is 15.5 Å². The topological polar surface area (TPSA) is 27.3 Å². The van der Waals surface area contributed by atoms with Crippen molar-refractivity contribution < 1.29 is 0 Å². The van der Waals surface area contributed by atoms with Crippen LogP contribution in [0.15, 0.2) is 0 Å². The second-order valence-corrected chi connectivity index (χ2v) is 9.30. The van der Waals surface area contributed by atoms with Gasteiger partial charge >= 0.3 is 0 Å². The lowest BCUT2D eigenvalue weighted by molar-refractivity contribution is -0.117. The van der Waals surface area contributed by atoms with Crippen LogP contribution in [0.25, 0.3) is 0 Å². The quantitative estimate of drug-likeness (QED) is 0.779. The fourth-order valence-electron chi connectivity index (χ4n) is 7.36. The van der Waals surface area contributed by atoms with E-state index in [4.69, 9.17) is 0 Å². The summed E-state index contributed by atoms with van der Waals surface area (Å²) in [7, 11) is 0. The summed E-state index contributed by atoms with van der Waals surface area (Å²) in [6, 6.07) is 2.51. The van der Waals surface area contributed by atoms with Crippen molar-refractivity contribution in [2.45, 2.75) is 82.3 Å². The van der Waals surface area contributed by atoms with Gasteiger partial charge in [-0.15, -0.1) is 0 Å². The van der Waals surface area contributed by atoms with E-state index < -0.39 is 0 Å². The number of rotatable bonds is 1. The SMILES string of the molecule is C1CC[C@H]([C@]23C[C@H](C[C@H]4CCCN[C@H]42)[C@@H]2CCCCN2C3)NC1. The predicted octanol–water partition coefficient (Wildman–Crippen LogP) is 2.76. The number of hydrogen-bond acceptors (Lipinski definition) is 3. The third-order valence-electron chi connectivity index (χ3n) is 8.16. The van der Waals surface area contributed by atoms with E-state index in [0.717, 1.165) is 30.0 Å². The van der Waals surface area contributed by atoms with E-state index in [1.54, 1.807) is 0 Å². The summed E-state index contributed by atoms with van der Waals surface area (Å²) in [5.74, 6) is 1.96. The Balaban J connectivity index is 1.50. The summed E-state index contributed by atoms with van der Waals surface area (Å²) < 4.78 is 0. The van der Waals surface area contributed by atoms with Gasteiger partial charge in [0, 0.05) is 30.1 Å². The second kappa shape index (κ2) is 6.00. The zero-order valence-electron chi connectivity index (χ0n) is 14.7. The molecular weight excluding hydrogens is 282 g/mol. The van der Waals surface area contributed by atoms with Gasteiger partial charge in [-0.05, 0) is 82.8 Å². The summed E-state index contributed by atoms with van der Waals surface area (Å²) >= 11 is 0. The molecule has 0 unspecified atom stereocenters. The fourth-order valence-corrected chi connectivity index (χ4v) is 7.36. The van der Waals surface area contributed by atoms with Crippen LogP contribution in [0.4, 0.5) is 0 Å². The Morgan fingerprint density at radius 1 is 0.826 bits per heavy atom. The van der Waals surface area contributed by atoms with Crippen LogP contribution in [-0.2, 0) is 0 Å². The molecule has 3 nitrogen and oxygen atoms in total. The molecule has 5 aliphatic rings. The van der Waals surface area contributed by atoms with Crippen molar-refractivity contribution in [2.24, 2.45) is 17.3 Å². The maximum atomic E-state index is 4.04. The number of nitrogens with zero attached hydrogens (tertiary/aromatic N) is 1. The average Bonchev–Trinajstić information content (AvgIpc) is 2.63. The Labute approximate surface area is 142 Å². The Kier molecular flexibility index (Phi) is 3.95. The van der Waals surface area contributed by atoms with Crippen LogP contribution in [0.1, 0.15) is 64.2 Å². The monoisotopic (exact) mass is 317 g/mol. The van der Waals surface area contributed by atoms with E-state index in [1.165, 1.54) is 90.4 Å². The molecule has 3 heteroatoms. The molecule has 0 aromatic carbocycles. The van der Waals surface area contributed by atoms with E-state index in [1.807, 2.05) is 0 Å². The molecule has 2 bridgehead atoms. The first-order chi connectivity index (χ1) is 11.4. The van der Waals surface area contributed by atoms with Gasteiger partial charge in [-0.2, -0.15) is 0 Å². The van der Waals surface area contributed by atoms with E-state index >= 15 is 0 Å². The highest BCUT2D eigenvalue weighted by molar-refractivity contribution is 5.14. The lowest BCUT2D eigenvalue weighted by Gasteiger charge is -2.64. The van der Waals surface area contributed by atoms with Crippen molar-refractivity contribution in [1.82, 2.24) is 15.5 Å². The molecule has 4 heterocycles. The Morgan fingerprint density at radius 3 is 2.65 bits per heavy atom. The maximum Gasteiger partial charge on any atom is 0.0179 e. The largest absolute Gasteiger partial charge is 0.313 e. The average molecular weight is 318 g/mol. The maximum absolute atomic E-state index is 4.04. The second-order valence-electron chi connectivity index (χ2n) is 9.30. The molecule has 0 spiro atoms. The number of fused-ring (bicyclic) bond motifs is 6. The summed E-state index contributed by atoms with van der Waals surface area (Å²) in [5.41, 5.74) is 0.530. The van der Waals surface area contributed by atoms with E-state index in [0.29, 0.717) is 5.41 Å².